The SMILES string of the molecule is CO[C@H]1C[C@H](O[C@H]2[C@H](C)O[C@H](O[C@H]3[C@H](C)O[C@H](OC4C(N(C)C)C(O)C5Oc6c(ccc7c6C(=O)c6c(O)c8c(c(O)c6C7=O)C(O[C@H]6C[C@H](N(C)C)[C@H](O)[C@H](C)O6)CC(C)(O)C8)C4(C)O5)C[C@]3(C)[N+](=O)[O-])C[C@]2(C)[N+](=O)[O-])O[C@@H](C)[C@H]1OC(=O)CCC(=O)O. The van der Waals surface area contributed by atoms with Gasteiger partial charge in [-0.3, -0.25) is 39.4 Å². The number of nitrogens with zero attached hydrogens (tertiary/aromatic N) is 4. The van der Waals surface area contributed by atoms with Crippen LogP contribution in [0.2, 0.25) is 0 Å². The molecular formula is C60H82N4O26. The molecule has 0 aromatic heterocycles. The van der Waals surface area contributed by atoms with Crippen molar-refractivity contribution >= 4 is 23.5 Å². The number of aromatic hydroxyl groups is 2. The molecule has 2 aromatic rings. The Balaban J connectivity index is 0.894. The van der Waals surface area contributed by atoms with Crippen LogP contribution < -0.4 is 4.74 Å². The van der Waals surface area contributed by atoms with Crippen LogP contribution in [0, 0.1) is 20.2 Å². The fourth-order valence-corrected chi connectivity index (χ4v) is 14.7. The van der Waals surface area contributed by atoms with Crippen molar-refractivity contribution in [3.63, 3.8) is 0 Å². The lowest BCUT2D eigenvalue weighted by Gasteiger charge is -2.56. The molecule has 0 saturated carbocycles. The van der Waals surface area contributed by atoms with Crippen molar-refractivity contribution in [1.29, 1.82) is 0 Å². The van der Waals surface area contributed by atoms with Gasteiger partial charge in [-0.2, -0.15) is 0 Å². The predicted molar refractivity (Wildman–Crippen MR) is 304 cm³/mol. The highest BCUT2D eigenvalue weighted by Crippen LogP contribution is 2.56. The van der Waals surface area contributed by atoms with Crippen molar-refractivity contribution in [2.24, 2.45) is 0 Å². The Kier molecular flexibility index (Phi) is 18.4. The number of likely N-dealkylation sites (N-methyl/N-ethyl adjacent to an activating group) is 2. The summed E-state index contributed by atoms with van der Waals surface area (Å²) in [5, 5.41) is 94.8. The largest absolute Gasteiger partial charge is 0.507 e. The van der Waals surface area contributed by atoms with Gasteiger partial charge in [0.1, 0.15) is 41.2 Å². The Hall–Kier alpha value is -5.68. The number of carboxylic acid groups (broad SMARTS) is 1. The molecule has 6 aliphatic heterocycles. The maximum atomic E-state index is 15.2. The van der Waals surface area contributed by atoms with E-state index in [0.29, 0.717) is 0 Å². The highest BCUT2D eigenvalue weighted by molar-refractivity contribution is 6.31. The van der Waals surface area contributed by atoms with Crippen molar-refractivity contribution in [3.05, 3.63) is 71.3 Å². The molecule has 0 radical (unpaired) electrons. The zero-order chi connectivity index (χ0) is 65.9. The number of rotatable bonds is 17. The molecule has 2 bridgehead atoms. The number of hydrogen-bond acceptors (Lipinski definition) is 27. The van der Waals surface area contributed by atoms with E-state index >= 15 is 4.79 Å². The number of aliphatic hydroxyl groups excluding tert-OH is 2. The zero-order valence-electron chi connectivity index (χ0n) is 52.4. The molecule has 10 rings (SSSR count). The lowest BCUT2D eigenvalue weighted by molar-refractivity contribution is -0.610. The topological polar surface area (TPSA) is 393 Å². The first-order chi connectivity index (χ1) is 42.0. The van der Waals surface area contributed by atoms with Crippen LogP contribution in [-0.4, -0.2) is 236 Å². The number of carbonyl (C=O) groups is 4. The molecule has 6 heterocycles. The standard InChI is InChI=1S/C60H82N4O26/c1-24-45(68)31(61(9)10)18-36(80-24)84-33-21-57(5,74)20-29-40(33)48(71)42-43(47(29)70)49(72)41-28(46(42)69)14-15-30-52(41)89-56-50(73)44(62(11)12)55(60(30,8)90-56)88-39-23-59(7,64(77)78)54(27(4)83-39)87-38-22-58(6,63(75)76)53(26(3)82-38)86-37-19-32(79-13)51(25(2)81-37)85-35(67)17-16-34(65)66/h14-15,24-27,31-33,36-39,44-45,50-51,53-56,68,70-71,73-74H,16-23H2,1-13H3,(H,65,66)/t24-,25-,26-,27-,31-,32-,33?,36-,37-,38+,39+,44?,45+,50?,51+,53-,54-,55?,56?,57?,58-,59-,60?/m0/s1. The first-order valence-corrected chi connectivity index (χ1v) is 30.2. The Morgan fingerprint density at radius 1 is 0.700 bits per heavy atom. The smallest absolute Gasteiger partial charge is 0.306 e. The van der Waals surface area contributed by atoms with Crippen LogP contribution in [0.25, 0.3) is 0 Å². The Morgan fingerprint density at radius 3 is 1.82 bits per heavy atom. The number of phenols is 2. The van der Waals surface area contributed by atoms with Gasteiger partial charge in [0.05, 0.1) is 90.6 Å². The molecule has 5 saturated heterocycles. The number of fused-ring (bicyclic) bond motifs is 8. The van der Waals surface area contributed by atoms with Crippen molar-refractivity contribution in [2.75, 3.05) is 35.3 Å². The van der Waals surface area contributed by atoms with Gasteiger partial charge in [-0.25, -0.2) is 0 Å². The molecule has 5 fully saturated rings. The van der Waals surface area contributed by atoms with Gasteiger partial charge in [0.25, 0.3) is 11.1 Å². The minimum absolute atomic E-state index is 0.0196. The summed E-state index contributed by atoms with van der Waals surface area (Å²) < 4.78 is 74.7. The second-order valence-corrected chi connectivity index (χ2v) is 26.5. The molecule has 90 heavy (non-hydrogen) atoms. The van der Waals surface area contributed by atoms with E-state index in [1.54, 1.807) is 53.9 Å². The molecule has 8 aliphatic rings. The maximum Gasteiger partial charge on any atom is 0.306 e. The summed E-state index contributed by atoms with van der Waals surface area (Å²) in [5.41, 5.74) is -8.90. The van der Waals surface area contributed by atoms with Gasteiger partial charge in [-0.05, 0) is 75.8 Å². The molecule has 2 aliphatic carbocycles. The van der Waals surface area contributed by atoms with E-state index in [1.807, 2.05) is 4.90 Å². The van der Waals surface area contributed by atoms with Gasteiger partial charge < -0.3 is 97.3 Å². The molecule has 2 aromatic carbocycles. The second kappa shape index (κ2) is 24.7. The fourth-order valence-electron chi connectivity index (χ4n) is 14.7. The van der Waals surface area contributed by atoms with Gasteiger partial charge >= 0.3 is 11.9 Å². The van der Waals surface area contributed by atoms with Crippen LogP contribution in [0.4, 0.5) is 0 Å². The number of ketones is 2. The van der Waals surface area contributed by atoms with E-state index in [1.165, 1.54) is 53.9 Å². The summed E-state index contributed by atoms with van der Waals surface area (Å²) in [6.07, 6.45) is -21.9. The lowest BCUT2D eigenvalue weighted by atomic mass is 9.72. The first kappa shape index (κ1) is 67.2. The molecule has 0 amide bonds. The maximum absolute atomic E-state index is 15.2. The number of nitro groups is 2. The van der Waals surface area contributed by atoms with E-state index in [9.17, 15) is 60.1 Å². The van der Waals surface area contributed by atoms with Crippen LogP contribution in [0.15, 0.2) is 12.1 Å². The van der Waals surface area contributed by atoms with E-state index in [4.69, 9.17) is 61.9 Å². The van der Waals surface area contributed by atoms with Crippen LogP contribution in [0.3, 0.4) is 0 Å². The number of benzene rings is 2. The molecule has 7 unspecified atom stereocenters. The number of esters is 1. The average molecular weight is 1280 g/mol. The number of carboxylic acids is 1. The molecule has 30 heteroatoms. The highest BCUT2D eigenvalue weighted by Gasteiger charge is 2.65. The number of aliphatic hydroxyl groups is 3. The van der Waals surface area contributed by atoms with Gasteiger partial charge in [-0.15, -0.1) is 0 Å². The molecule has 6 N–H and O–H groups in total. The number of methoxy groups -OCH3 is 1. The molecule has 30 nitrogen and oxygen atoms in total. The van der Waals surface area contributed by atoms with Crippen molar-refractivity contribution < 1.29 is 117 Å². The minimum Gasteiger partial charge on any atom is -0.507 e. The molecule has 0 spiro atoms. The van der Waals surface area contributed by atoms with Gasteiger partial charge in [0, 0.05) is 84.8 Å². The molecule has 23 atom stereocenters. The Morgan fingerprint density at radius 2 is 1.26 bits per heavy atom. The van der Waals surface area contributed by atoms with E-state index in [0.717, 1.165) is 0 Å². The third kappa shape index (κ3) is 11.7. The highest BCUT2D eigenvalue weighted by atomic mass is 16.8. The molecule has 498 valence electrons. The number of phenolic OH excluding ortho intramolecular Hbond substituents is 2. The van der Waals surface area contributed by atoms with Gasteiger partial charge in [0.15, 0.2) is 49.3 Å². The minimum atomic E-state index is -2.06. The van der Waals surface area contributed by atoms with Crippen LogP contribution in [0.1, 0.15) is 155 Å². The number of hydrogen-bond donors (Lipinski definition) is 6. The van der Waals surface area contributed by atoms with Crippen molar-refractivity contribution in [3.8, 4) is 17.2 Å². The number of carbonyl (C=O) groups excluding carboxylic acids is 3. The zero-order valence-corrected chi connectivity index (χ0v) is 52.4. The summed E-state index contributed by atoms with van der Waals surface area (Å²) in [5.74, 6) is -5.35. The van der Waals surface area contributed by atoms with E-state index in [-0.39, 0.29) is 59.3 Å². The normalized spacial score (nSPS) is 40.6. The predicted octanol–water partition coefficient (Wildman–Crippen LogP) is 2.73. The Bertz CT molecular complexity index is 3160. The summed E-state index contributed by atoms with van der Waals surface area (Å²) in [7, 11) is 8.25. The fraction of sp³-hybridized carbons (Fsp3) is 0.733. The summed E-state index contributed by atoms with van der Waals surface area (Å²) >= 11 is 0. The number of ether oxygens (including phenoxy) is 12. The third-order valence-corrected chi connectivity index (χ3v) is 19.5. The van der Waals surface area contributed by atoms with Gasteiger partial charge in [-0.1, -0.05) is 6.07 Å². The monoisotopic (exact) mass is 1270 g/mol. The number of aliphatic carboxylic acids is 1. The summed E-state index contributed by atoms with van der Waals surface area (Å²) in [4.78, 5) is 82.6. The van der Waals surface area contributed by atoms with Crippen LogP contribution in [0.5, 0.6) is 17.2 Å². The van der Waals surface area contributed by atoms with Crippen molar-refractivity contribution in [2.45, 2.75) is 246 Å². The average Bonchev–Trinajstić information content (AvgIpc) is 0.700. The van der Waals surface area contributed by atoms with E-state index < -0.39 is 221 Å². The summed E-state index contributed by atoms with van der Waals surface area (Å²) in [6.45, 7) is 12.0. The quantitative estimate of drug-likeness (QED) is 0.0490. The molecular weight excluding hydrogens is 1190 g/mol. The van der Waals surface area contributed by atoms with Crippen LogP contribution >= 0.6 is 0 Å². The van der Waals surface area contributed by atoms with Crippen molar-refractivity contribution in [1.82, 2.24) is 9.80 Å². The van der Waals surface area contributed by atoms with E-state index in [2.05, 4.69) is 0 Å². The lowest BCUT2D eigenvalue weighted by Crippen LogP contribution is -2.70. The van der Waals surface area contributed by atoms with Crippen LogP contribution in [-0.2, 0) is 73.7 Å². The summed E-state index contributed by atoms with van der Waals surface area (Å²) in [6, 6.07) is 1.39. The third-order valence-electron chi connectivity index (χ3n) is 19.5. The first-order valence-electron chi connectivity index (χ1n) is 30.2. The van der Waals surface area contributed by atoms with Gasteiger partial charge in [0.2, 0.25) is 12.1 Å². The Labute approximate surface area is 518 Å². The second-order valence-electron chi connectivity index (χ2n) is 26.5.